The molecule has 94 valence electrons. The third-order valence-corrected chi connectivity index (χ3v) is 3.28. The summed E-state index contributed by atoms with van der Waals surface area (Å²) >= 11 is 0. The maximum absolute atomic E-state index is 11.7. The van der Waals surface area contributed by atoms with Crippen molar-refractivity contribution in [1.29, 1.82) is 0 Å². The van der Waals surface area contributed by atoms with E-state index < -0.39 is 0 Å². The van der Waals surface area contributed by atoms with E-state index in [0.717, 1.165) is 25.9 Å². The van der Waals surface area contributed by atoms with E-state index in [1.54, 1.807) is 6.07 Å². The Kier molecular flexibility index (Phi) is 3.47. The number of nitrogens with zero attached hydrogens (tertiary/aromatic N) is 2. The van der Waals surface area contributed by atoms with Crippen LogP contribution in [-0.2, 0) is 4.79 Å². The molecule has 1 fully saturated rings. The number of nitrogens with one attached hydrogen (secondary N) is 1. The van der Waals surface area contributed by atoms with Gasteiger partial charge in [-0.3, -0.25) is 9.69 Å². The summed E-state index contributed by atoms with van der Waals surface area (Å²) in [6.07, 6.45) is 3.73. The van der Waals surface area contributed by atoms with Gasteiger partial charge in [0.1, 0.15) is 6.26 Å². The van der Waals surface area contributed by atoms with Crippen molar-refractivity contribution in [2.24, 2.45) is 5.41 Å². The topological polar surface area (TPSA) is 58.4 Å². The number of likely N-dealkylation sites (tertiary alicyclic amines) is 1. The summed E-state index contributed by atoms with van der Waals surface area (Å²) in [4.78, 5) is 13.9. The molecule has 1 aromatic heterocycles. The van der Waals surface area contributed by atoms with Crippen LogP contribution in [0.25, 0.3) is 0 Å². The van der Waals surface area contributed by atoms with E-state index >= 15 is 0 Å². The Hall–Kier alpha value is -1.36. The van der Waals surface area contributed by atoms with E-state index in [9.17, 15) is 4.79 Å². The Balaban J connectivity index is 1.76. The highest BCUT2D eigenvalue weighted by molar-refractivity contribution is 5.91. The molecule has 1 saturated heterocycles. The Morgan fingerprint density at radius 2 is 2.24 bits per heavy atom. The highest BCUT2D eigenvalue weighted by atomic mass is 16.5. The standard InChI is InChI=1S/C12H19N3O2/c1-12(2)4-6-15(7-5-12)9-11(16)13-10-3-8-17-14-10/h3,8H,4-7,9H2,1-2H3,(H,13,14,16). The number of anilines is 1. The molecule has 2 rings (SSSR count). The van der Waals surface area contributed by atoms with Crippen molar-refractivity contribution in [1.82, 2.24) is 10.1 Å². The molecule has 1 aliphatic rings. The fraction of sp³-hybridized carbons (Fsp3) is 0.667. The average molecular weight is 237 g/mol. The van der Waals surface area contributed by atoms with Gasteiger partial charge in [0.25, 0.3) is 0 Å². The van der Waals surface area contributed by atoms with Crippen molar-refractivity contribution in [2.75, 3.05) is 25.0 Å². The quantitative estimate of drug-likeness (QED) is 0.870. The van der Waals surface area contributed by atoms with E-state index in [2.05, 4.69) is 33.7 Å². The van der Waals surface area contributed by atoms with Crippen LogP contribution in [-0.4, -0.2) is 35.6 Å². The van der Waals surface area contributed by atoms with Crippen LogP contribution in [0.3, 0.4) is 0 Å². The molecule has 5 nitrogen and oxygen atoms in total. The summed E-state index contributed by atoms with van der Waals surface area (Å²) in [6.45, 7) is 6.96. The third-order valence-electron chi connectivity index (χ3n) is 3.28. The molecule has 17 heavy (non-hydrogen) atoms. The maximum atomic E-state index is 11.7. The van der Waals surface area contributed by atoms with Crippen molar-refractivity contribution in [3.05, 3.63) is 12.3 Å². The lowest BCUT2D eigenvalue weighted by atomic mass is 9.83. The molecule has 0 radical (unpaired) electrons. The second-order valence-electron chi connectivity index (χ2n) is 5.37. The first-order chi connectivity index (χ1) is 8.05. The maximum Gasteiger partial charge on any atom is 0.239 e. The molecule has 5 heteroatoms. The molecule has 0 unspecified atom stereocenters. The predicted molar refractivity (Wildman–Crippen MR) is 64.6 cm³/mol. The number of carbonyl (C=O) groups is 1. The van der Waals surface area contributed by atoms with Crippen molar-refractivity contribution in [3.63, 3.8) is 0 Å². The van der Waals surface area contributed by atoms with Gasteiger partial charge >= 0.3 is 0 Å². The number of rotatable bonds is 3. The number of aromatic nitrogens is 1. The van der Waals surface area contributed by atoms with Crippen LogP contribution in [0.5, 0.6) is 0 Å². The number of amides is 1. The first-order valence-electron chi connectivity index (χ1n) is 5.98. The normalized spacial score (nSPS) is 20.1. The number of piperidine rings is 1. The number of hydrogen-bond acceptors (Lipinski definition) is 4. The molecular weight excluding hydrogens is 218 g/mol. The minimum absolute atomic E-state index is 0.0291. The monoisotopic (exact) mass is 237 g/mol. The van der Waals surface area contributed by atoms with Crippen LogP contribution in [0.15, 0.2) is 16.9 Å². The molecule has 0 aliphatic carbocycles. The zero-order chi connectivity index (χ0) is 12.3. The van der Waals surface area contributed by atoms with E-state index in [0.29, 0.717) is 17.8 Å². The zero-order valence-electron chi connectivity index (χ0n) is 10.4. The van der Waals surface area contributed by atoms with Gasteiger partial charge < -0.3 is 9.84 Å². The SMILES string of the molecule is CC1(C)CCN(CC(=O)Nc2ccon2)CC1. The van der Waals surface area contributed by atoms with Crippen molar-refractivity contribution >= 4 is 11.7 Å². The van der Waals surface area contributed by atoms with Crippen molar-refractivity contribution in [2.45, 2.75) is 26.7 Å². The summed E-state index contributed by atoms with van der Waals surface area (Å²) in [6, 6.07) is 1.64. The van der Waals surface area contributed by atoms with Crippen LogP contribution in [0.2, 0.25) is 0 Å². The smallest absolute Gasteiger partial charge is 0.239 e. The van der Waals surface area contributed by atoms with Gasteiger partial charge in [0.15, 0.2) is 5.82 Å². The first-order valence-corrected chi connectivity index (χ1v) is 5.98. The Bertz CT molecular complexity index is 363. The summed E-state index contributed by atoms with van der Waals surface area (Å²) in [5.74, 6) is 0.450. The lowest BCUT2D eigenvalue weighted by molar-refractivity contribution is -0.117. The number of hydrogen-bond donors (Lipinski definition) is 1. The fourth-order valence-corrected chi connectivity index (χ4v) is 1.98. The summed E-state index contributed by atoms with van der Waals surface area (Å²) in [5, 5.41) is 6.35. The third kappa shape index (κ3) is 3.56. The number of carbonyl (C=O) groups excluding carboxylic acids is 1. The van der Waals surface area contributed by atoms with Gasteiger partial charge in [-0.15, -0.1) is 0 Å². The summed E-state index contributed by atoms with van der Waals surface area (Å²) in [7, 11) is 0. The molecule has 0 spiro atoms. The van der Waals surface area contributed by atoms with Crippen LogP contribution in [0, 0.1) is 5.41 Å². The molecule has 0 saturated carbocycles. The molecule has 2 heterocycles. The van der Waals surface area contributed by atoms with Gasteiger partial charge in [-0.1, -0.05) is 19.0 Å². The van der Waals surface area contributed by atoms with E-state index in [-0.39, 0.29) is 5.91 Å². The Labute approximate surface area is 101 Å². The zero-order valence-corrected chi connectivity index (χ0v) is 10.4. The molecular formula is C12H19N3O2. The predicted octanol–water partition coefficient (Wildman–Crippen LogP) is 1.74. The molecule has 1 aromatic rings. The van der Waals surface area contributed by atoms with Crippen LogP contribution in [0.1, 0.15) is 26.7 Å². The van der Waals surface area contributed by atoms with Gasteiger partial charge in [-0.2, -0.15) is 0 Å². The van der Waals surface area contributed by atoms with Crippen LogP contribution >= 0.6 is 0 Å². The van der Waals surface area contributed by atoms with Gasteiger partial charge in [0.2, 0.25) is 5.91 Å². The largest absolute Gasteiger partial charge is 0.363 e. The first kappa shape index (κ1) is 12.1. The highest BCUT2D eigenvalue weighted by Gasteiger charge is 2.26. The van der Waals surface area contributed by atoms with Gasteiger partial charge in [-0.05, 0) is 31.3 Å². The van der Waals surface area contributed by atoms with E-state index in [1.807, 2.05) is 0 Å². The molecule has 1 amide bonds. The molecule has 0 aromatic carbocycles. The highest BCUT2D eigenvalue weighted by Crippen LogP contribution is 2.29. The van der Waals surface area contributed by atoms with Crippen molar-refractivity contribution in [3.8, 4) is 0 Å². The minimum atomic E-state index is -0.0291. The Morgan fingerprint density at radius 3 is 2.82 bits per heavy atom. The van der Waals surface area contributed by atoms with Crippen LogP contribution in [0.4, 0.5) is 5.82 Å². The fourth-order valence-electron chi connectivity index (χ4n) is 1.98. The molecule has 0 bridgehead atoms. The average Bonchev–Trinajstić information content (AvgIpc) is 2.74. The summed E-state index contributed by atoms with van der Waals surface area (Å²) in [5.41, 5.74) is 0.416. The summed E-state index contributed by atoms with van der Waals surface area (Å²) < 4.78 is 4.65. The minimum Gasteiger partial charge on any atom is -0.363 e. The van der Waals surface area contributed by atoms with Crippen molar-refractivity contribution < 1.29 is 9.32 Å². The lowest BCUT2D eigenvalue weighted by Crippen LogP contribution is -2.41. The van der Waals surface area contributed by atoms with Gasteiger partial charge in [-0.25, -0.2) is 0 Å². The molecule has 1 aliphatic heterocycles. The van der Waals surface area contributed by atoms with E-state index in [1.165, 1.54) is 6.26 Å². The van der Waals surface area contributed by atoms with E-state index in [4.69, 9.17) is 0 Å². The molecule has 1 N–H and O–H groups in total. The molecule has 0 atom stereocenters. The second kappa shape index (κ2) is 4.87. The van der Waals surface area contributed by atoms with Crippen LogP contribution < -0.4 is 5.32 Å². The van der Waals surface area contributed by atoms with Gasteiger partial charge in [0, 0.05) is 6.07 Å². The van der Waals surface area contributed by atoms with Gasteiger partial charge in [0.05, 0.1) is 6.54 Å². The lowest BCUT2D eigenvalue weighted by Gasteiger charge is -2.36. The second-order valence-corrected chi connectivity index (χ2v) is 5.37. The Morgan fingerprint density at radius 1 is 1.53 bits per heavy atom.